The van der Waals surface area contributed by atoms with Gasteiger partial charge in [-0.2, -0.15) is 0 Å². The molecule has 0 radical (unpaired) electrons. The second-order valence-electron chi connectivity index (χ2n) is 7.32. The number of aromatic amines is 1. The Labute approximate surface area is 201 Å². The Hall–Kier alpha value is -2.97. The molecule has 0 fully saturated rings. The molecule has 10 heteroatoms. The van der Waals surface area contributed by atoms with E-state index in [0.29, 0.717) is 16.4 Å². The van der Waals surface area contributed by atoms with Crippen LogP contribution in [0.15, 0.2) is 65.6 Å². The number of hydrogen-bond acceptors (Lipinski definition) is 8. The van der Waals surface area contributed by atoms with Crippen molar-refractivity contribution >= 4 is 35.0 Å². The third kappa shape index (κ3) is 5.08. The van der Waals surface area contributed by atoms with E-state index in [0.717, 1.165) is 15.8 Å². The van der Waals surface area contributed by atoms with Gasteiger partial charge in [0.2, 0.25) is 0 Å². The molecule has 1 unspecified atom stereocenters. The van der Waals surface area contributed by atoms with Gasteiger partial charge in [-0.3, -0.25) is 9.36 Å². The van der Waals surface area contributed by atoms with Crippen molar-refractivity contribution in [1.29, 1.82) is 0 Å². The van der Waals surface area contributed by atoms with Crippen LogP contribution in [0.5, 0.6) is 5.75 Å². The van der Waals surface area contributed by atoms with Crippen molar-refractivity contribution in [2.45, 2.75) is 19.6 Å². The lowest BCUT2D eigenvalue weighted by Gasteiger charge is -2.26. The average Bonchev–Trinajstić information content (AvgIpc) is 3.32. The van der Waals surface area contributed by atoms with Crippen molar-refractivity contribution < 1.29 is 18.3 Å². The van der Waals surface area contributed by atoms with E-state index >= 15 is 0 Å². The fraction of sp³-hybridized carbons (Fsp3) is 0.250. The summed E-state index contributed by atoms with van der Waals surface area (Å²) in [5, 5.41) is 4.39. The van der Waals surface area contributed by atoms with Crippen molar-refractivity contribution in [3.8, 4) is 16.2 Å². The molecule has 0 aliphatic rings. The monoisotopic (exact) mass is 499 g/mol. The minimum Gasteiger partial charge on any atom is -0.497 e. The van der Waals surface area contributed by atoms with Crippen molar-refractivity contribution in [3.63, 3.8) is 0 Å². The molecular weight excluding hydrogens is 473 g/mol. The number of ether oxygens (including phenoxy) is 1. The van der Waals surface area contributed by atoms with Crippen molar-refractivity contribution in [2.24, 2.45) is 0 Å². The molecule has 4 rings (SSSR count). The van der Waals surface area contributed by atoms with E-state index in [-0.39, 0.29) is 18.8 Å². The smallest absolute Gasteiger partial charge is 0.357 e. The molecule has 2 heterocycles. The van der Waals surface area contributed by atoms with Crippen LogP contribution in [0.1, 0.15) is 25.2 Å². The second kappa shape index (κ2) is 10.5. The molecule has 0 saturated heterocycles. The highest BCUT2D eigenvalue weighted by molar-refractivity contribution is 7.54. The van der Waals surface area contributed by atoms with Gasteiger partial charge in [-0.25, -0.2) is 4.98 Å². The first-order valence-electron chi connectivity index (χ1n) is 10.8. The molecule has 0 amide bonds. The number of nitrogens with one attached hydrogen (secondary N) is 2. The Morgan fingerprint density at radius 3 is 2.50 bits per heavy atom. The second-order valence-corrected chi connectivity index (χ2v) is 10.5. The highest BCUT2D eigenvalue weighted by Crippen LogP contribution is 2.60. The van der Waals surface area contributed by atoms with E-state index in [1.165, 1.54) is 11.3 Å². The number of pyridine rings is 1. The summed E-state index contributed by atoms with van der Waals surface area (Å²) in [6.45, 7) is 3.77. The number of fused-ring (bicyclic) bond motifs is 1. The quantitative estimate of drug-likeness (QED) is 0.257. The summed E-state index contributed by atoms with van der Waals surface area (Å²) in [4.78, 5) is 21.4. The first-order valence-corrected chi connectivity index (χ1v) is 13.3. The zero-order valence-corrected chi connectivity index (χ0v) is 20.8. The van der Waals surface area contributed by atoms with E-state index in [2.05, 4.69) is 15.3 Å². The Bertz CT molecular complexity index is 1360. The molecule has 8 nitrogen and oxygen atoms in total. The largest absolute Gasteiger partial charge is 0.497 e. The standard InChI is InChI=1S/C24H26N3O5PS/c1-4-31-33(29,32-5-2)23(27-24-25-15-21(34-24)16-9-7-6-8-10-16)19-14-17-13-18(30-3)11-12-20(17)26-22(19)28/h6-15,23H,4-5H2,1-3H3,(H,25,27)(H,26,28). The molecule has 2 aromatic carbocycles. The minimum absolute atomic E-state index is 0.155. The number of methoxy groups -OCH3 is 1. The van der Waals surface area contributed by atoms with Crippen LogP contribution in [0.3, 0.4) is 0 Å². The van der Waals surface area contributed by atoms with Crippen molar-refractivity contribution in [1.82, 2.24) is 9.97 Å². The van der Waals surface area contributed by atoms with Crippen LogP contribution < -0.4 is 15.6 Å². The van der Waals surface area contributed by atoms with Crippen LogP contribution >= 0.6 is 18.9 Å². The number of aromatic nitrogens is 2. The third-order valence-electron chi connectivity index (χ3n) is 5.13. The molecule has 0 bridgehead atoms. The topological polar surface area (TPSA) is 103 Å². The molecule has 0 saturated carbocycles. The number of H-pyrrole nitrogens is 1. The van der Waals surface area contributed by atoms with Gasteiger partial charge in [0.05, 0.1) is 30.8 Å². The van der Waals surface area contributed by atoms with Crippen molar-refractivity contribution in [3.05, 3.63) is 76.7 Å². The Morgan fingerprint density at radius 1 is 1.09 bits per heavy atom. The summed E-state index contributed by atoms with van der Waals surface area (Å²) in [5.41, 5.74) is 1.48. The van der Waals surface area contributed by atoms with E-state index in [1.807, 2.05) is 30.3 Å². The molecule has 178 valence electrons. The molecule has 0 spiro atoms. The van der Waals surface area contributed by atoms with Crippen LogP contribution in [0.2, 0.25) is 0 Å². The van der Waals surface area contributed by atoms with Gasteiger partial charge < -0.3 is 24.1 Å². The predicted molar refractivity (Wildman–Crippen MR) is 136 cm³/mol. The van der Waals surface area contributed by atoms with Crippen molar-refractivity contribution in [2.75, 3.05) is 25.6 Å². The predicted octanol–water partition coefficient (Wildman–Crippen LogP) is 6.04. The summed E-state index contributed by atoms with van der Waals surface area (Å²) in [5.74, 6) is -0.429. The van der Waals surface area contributed by atoms with Gasteiger partial charge in [-0.1, -0.05) is 41.7 Å². The number of anilines is 1. The first-order chi connectivity index (χ1) is 16.5. The molecular formula is C24H26N3O5PS. The lowest BCUT2D eigenvalue weighted by molar-refractivity contribution is 0.214. The maximum atomic E-state index is 13.9. The Balaban J connectivity index is 1.81. The van der Waals surface area contributed by atoms with E-state index in [4.69, 9.17) is 13.8 Å². The normalized spacial score (nSPS) is 12.6. The first kappa shape index (κ1) is 24.2. The van der Waals surface area contributed by atoms with Crippen LogP contribution in [0.25, 0.3) is 21.3 Å². The number of thiazole rings is 1. The van der Waals surface area contributed by atoms with E-state index in [1.54, 1.807) is 51.4 Å². The highest BCUT2D eigenvalue weighted by atomic mass is 32.1. The number of benzene rings is 2. The van der Waals surface area contributed by atoms with Crippen LogP contribution in [-0.4, -0.2) is 30.3 Å². The maximum absolute atomic E-state index is 13.9. The summed E-state index contributed by atoms with van der Waals surface area (Å²) < 4.78 is 30.5. The SMILES string of the molecule is CCOP(=O)(OCC)C(Nc1ncc(-c2ccccc2)s1)c1cc2cc(OC)ccc2[nH]c1=O. The zero-order valence-electron chi connectivity index (χ0n) is 19.1. The van der Waals surface area contributed by atoms with Crippen LogP contribution in [-0.2, 0) is 13.6 Å². The Morgan fingerprint density at radius 2 is 1.82 bits per heavy atom. The van der Waals surface area contributed by atoms with Gasteiger partial charge in [-0.05, 0) is 43.7 Å². The molecule has 1 atom stereocenters. The van der Waals surface area contributed by atoms with Gasteiger partial charge in [-0.15, -0.1) is 0 Å². The number of hydrogen-bond donors (Lipinski definition) is 2. The fourth-order valence-electron chi connectivity index (χ4n) is 3.60. The van der Waals surface area contributed by atoms with Gasteiger partial charge in [0, 0.05) is 17.1 Å². The summed E-state index contributed by atoms with van der Waals surface area (Å²) in [6, 6.07) is 16.8. The lowest BCUT2D eigenvalue weighted by Crippen LogP contribution is -2.23. The van der Waals surface area contributed by atoms with E-state index < -0.39 is 18.9 Å². The van der Waals surface area contributed by atoms with E-state index in [9.17, 15) is 9.36 Å². The number of rotatable bonds is 10. The molecule has 0 aliphatic carbocycles. The fourth-order valence-corrected chi connectivity index (χ4v) is 6.44. The average molecular weight is 500 g/mol. The number of nitrogens with zero attached hydrogens (tertiary/aromatic N) is 1. The third-order valence-corrected chi connectivity index (χ3v) is 8.39. The molecule has 34 heavy (non-hydrogen) atoms. The summed E-state index contributed by atoms with van der Waals surface area (Å²) in [6.07, 6.45) is 1.74. The molecule has 4 aromatic rings. The Kier molecular flexibility index (Phi) is 7.48. The minimum atomic E-state index is -3.80. The van der Waals surface area contributed by atoms with Gasteiger partial charge in [0.1, 0.15) is 5.75 Å². The van der Waals surface area contributed by atoms with Gasteiger partial charge in [0.15, 0.2) is 10.9 Å². The van der Waals surface area contributed by atoms with Gasteiger partial charge >= 0.3 is 7.60 Å². The molecule has 0 aliphatic heterocycles. The zero-order chi connectivity index (χ0) is 24.1. The summed E-state index contributed by atoms with van der Waals surface area (Å²) >= 11 is 1.39. The van der Waals surface area contributed by atoms with Gasteiger partial charge in [0.25, 0.3) is 5.56 Å². The molecule has 2 aromatic heterocycles. The summed E-state index contributed by atoms with van der Waals surface area (Å²) in [7, 11) is -2.23. The van der Waals surface area contributed by atoms with Crippen LogP contribution in [0.4, 0.5) is 5.13 Å². The lowest BCUT2D eigenvalue weighted by atomic mass is 10.1. The highest BCUT2D eigenvalue weighted by Gasteiger charge is 2.39. The maximum Gasteiger partial charge on any atom is 0.357 e. The van der Waals surface area contributed by atoms with Crippen LogP contribution in [0, 0.1) is 0 Å². The molecule has 2 N–H and O–H groups in total.